The Morgan fingerprint density at radius 1 is 1.18 bits per heavy atom. The number of nitrogens with zero attached hydrogens (tertiary/aromatic N) is 1. The van der Waals surface area contributed by atoms with Gasteiger partial charge in [0.25, 0.3) is 0 Å². The third kappa shape index (κ3) is 4.04. The lowest BCUT2D eigenvalue weighted by Crippen LogP contribution is -2.35. The second-order valence-corrected chi connectivity index (χ2v) is 5.11. The summed E-state index contributed by atoms with van der Waals surface area (Å²) < 4.78 is 0. The molecule has 0 aliphatic heterocycles. The van der Waals surface area contributed by atoms with Gasteiger partial charge in [-0.15, -0.1) is 0 Å². The van der Waals surface area contributed by atoms with E-state index < -0.39 is 0 Å². The summed E-state index contributed by atoms with van der Waals surface area (Å²) in [7, 11) is 0. The highest BCUT2D eigenvalue weighted by molar-refractivity contribution is 5.47. The fourth-order valence-corrected chi connectivity index (χ4v) is 2.01. The molecule has 0 fully saturated rings. The van der Waals surface area contributed by atoms with Gasteiger partial charge >= 0.3 is 0 Å². The van der Waals surface area contributed by atoms with Crippen LogP contribution in [0.25, 0.3) is 0 Å². The van der Waals surface area contributed by atoms with Crippen LogP contribution in [0, 0.1) is 18.8 Å². The van der Waals surface area contributed by atoms with Crippen molar-refractivity contribution < 1.29 is 0 Å². The number of nitrogens with two attached hydrogens (primary N) is 1. The molecule has 0 spiro atoms. The molecule has 0 bridgehead atoms. The number of hydrogen-bond acceptors (Lipinski definition) is 2. The number of aryl methyl sites for hydroxylation is 1. The van der Waals surface area contributed by atoms with E-state index in [9.17, 15) is 0 Å². The van der Waals surface area contributed by atoms with Crippen LogP contribution in [0.3, 0.4) is 0 Å². The van der Waals surface area contributed by atoms with E-state index in [1.54, 1.807) is 0 Å². The Morgan fingerprint density at radius 3 is 2.18 bits per heavy atom. The monoisotopic (exact) mass is 234 g/mol. The maximum absolute atomic E-state index is 5.85. The van der Waals surface area contributed by atoms with Crippen molar-refractivity contribution in [1.29, 1.82) is 0 Å². The Morgan fingerprint density at radius 2 is 1.76 bits per heavy atom. The fraction of sp³-hybridized carbons (Fsp3) is 0.600. The molecule has 1 atom stereocenters. The fourth-order valence-electron chi connectivity index (χ4n) is 2.01. The molecule has 96 valence electrons. The molecule has 2 N–H and O–H groups in total. The van der Waals surface area contributed by atoms with Crippen molar-refractivity contribution >= 4 is 5.69 Å². The summed E-state index contributed by atoms with van der Waals surface area (Å²) in [5.41, 5.74) is 8.46. The Balaban J connectivity index is 2.74. The first kappa shape index (κ1) is 14.0. The van der Waals surface area contributed by atoms with Gasteiger partial charge in [-0.3, -0.25) is 0 Å². The number of benzene rings is 1. The molecule has 1 rings (SSSR count). The van der Waals surface area contributed by atoms with Gasteiger partial charge in [0.1, 0.15) is 0 Å². The largest absolute Gasteiger partial charge is 0.371 e. The Hall–Kier alpha value is -1.02. The normalized spacial score (nSPS) is 12.8. The zero-order chi connectivity index (χ0) is 12.8. The molecule has 17 heavy (non-hydrogen) atoms. The molecule has 0 radical (unpaired) electrons. The molecule has 0 saturated heterocycles. The number of rotatable bonds is 6. The smallest absolute Gasteiger partial charge is 0.0366 e. The van der Waals surface area contributed by atoms with Crippen LogP contribution in [0.5, 0.6) is 0 Å². The van der Waals surface area contributed by atoms with Gasteiger partial charge in [-0.05, 0) is 44.4 Å². The minimum Gasteiger partial charge on any atom is -0.371 e. The highest BCUT2D eigenvalue weighted by atomic mass is 15.1. The van der Waals surface area contributed by atoms with Crippen LogP contribution < -0.4 is 10.6 Å². The van der Waals surface area contributed by atoms with Gasteiger partial charge in [-0.25, -0.2) is 0 Å². The van der Waals surface area contributed by atoms with Gasteiger partial charge in [0.15, 0.2) is 0 Å². The quantitative estimate of drug-likeness (QED) is 0.819. The van der Waals surface area contributed by atoms with Gasteiger partial charge in [-0.1, -0.05) is 31.5 Å². The SMILES string of the molecule is CCN(CC(CN)C(C)C)c1ccc(C)cc1. The average molecular weight is 234 g/mol. The highest BCUT2D eigenvalue weighted by Gasteiger charge is 2.15. The Bertz CT molecular complexity index is 316. The molecule has 1 unspecified atom stereocenters. The first-order chi connectivity index (χ1) is 8.08. The maximum Gasteiger partial charge on any atom is 0.0366 e. The van der Waals surface area contributed by atoms with Crippen molar-refractivity contribution in [3.05, 3.63) is 29.8 Å². The summed E-state index contributed by atoms with van der Waals surface area (Å²) in [6.07, 6.45) is 0. The van der Waals surface area contributed by atoms with Crippen LogP contribution in [-0.2, 0) is 0 Å². The van der Waals surface area contributed by atoms with E-state index in [0.29, 0.717) is 11.8 Å². The van der Waals surface area contributed by atoms with Crippen molar-refractivity contribution in [2.24, 2.45) is 17.6 Å². The highest BCUT2D eigenvalue weighted by Crippen LogP contribution is 2.19. The maximum atomic E-state index is 5.85. The molecule has 1 aromatic carbocycles. The number of hydrogen-bond donors (Lipinski definition) is 1. The summed E-state index contributed by atoms with van der Waals surface area (Å²) in [4.78, 5) is 2.41. The standard InChI is InChI=1S/C15H26N2/c1-5-17(11-14(10-16)12(2)3)15-8-6-13(4)7-9-15/h6-9,12,14H,5,10-11,16H2,1-4H3. The third-order valence-corrected chi connectivity index (χ3v) is 3.48. The van der Waals surface area contributed by atoms with E-state index in [1.807, 2.05) is 0 Å². The van der Waals surface area contributed by atoms with Gasteiger partial charge < -0.3 is 10.6 Å². The minimum absolute atomic E-state index is 0.566. The summed E-state index contributed by atoms with van der Waals surface area (Å²) >= 11 is 0. The molecule has 2 heteroatoms. The first-order valence-corrected chi connectivity index (χ1v) is 6.60. The second kappa shape index (κ2) is 6.65. The molecule has 0 heterocycles. The zero-order valence-electron chi connectivity index (χ0n) is 11.6. The molecule has 0 saturated carbocycles. The lowest BCUT2D eigenvalue weighted by atomic mass is 9.95. The summed E-state index contributed by atoms with van der Waals surface area (Å²) in [5, 5.41) is 0. The first-order valence-electron chi connectivity index (χ1n) is 6.60. The summed E-state index contributed by atoms with van der Waals surface area (Å²) in [6.45, 7) is 11.7. The lowest BCUT2D eigenvalue weighted by molar-refractivity contribution is 0.393. The molecule has 0 aliphatic rings. The lowest BCUT2D eigenvalue weighted by Gasteiger charge is -2.30. The predicted octanol–water partition coefficient (Wildman–Crippen LogP) is 3.05. The minimum atomic E-state index is 0.566. The van der Waals surface area contributed by atoms with Crippen LogP contribution in [0.15, 0.2) is 24.3 Å². The molecule has 2 nitrogen and oxygen atoms in total. The van der Waals surface area contributed by atoms with Crippen molar-refractivity contribution in [3.63, 3.8) is 0 Å². The number of anilines is 1. The van der Waals surface area contributed by atoms with Crippen LogP contribution in [0.2, 0.25) is 0 Å². The summed E-state index contributed by atoms with van der Waals surface area (Å²) in [6, 6.07) is 8.75. The molecule has 0 amide bonds. The second-order valence-electron chi connectivity index (χ2n) is 5.11. The molecule has 0 aliphatic carbocycles. The topological polar surface area (TPSA) is 29.3 Å². The van der Waals surface area contributed by atoms with Crippen molar-refractivity contribution in [2.75, 3.05) is 24.5 Å². The van der Waals surface area contributed by atoms with E-state index in [-0.39, 0.29) is 0 Å². The molecule has 1 aromatic rings. The molecular weight excluding hydrogens is 208 g/mol. The average Bonchev–Trinajstić information content (AvgIpc) is 2.32. The van der Waals surface area contributed by atoms with E-state index in [1.165, 1.54) is 11.3 Å². The van der Waals surface area contributed by atoms with E-state index >= 15 is 0 Å². The van der Waals surface area contributed by atoms with E-state index in [0.717, 1.165) is 19.6 Å². The van der Waals surface area contributed by atoms with Gasteiger partial charge in [0.2, 0.25) is 0 Å². The van der Waals surface area contributed by atoms with Crippen molar-refractivity contribution in [3.8, 4) is 0 Å². The third-order valence-electron chi connectivity index (χ3n) is 3.48. The van der Waals surface area contributed by atoms with Gasteiger partial charge in [0.05, 0.1) is 0 Å². The van der Waals surface area contributed by atoms with E-state index in [4.69, 9.17) is 5.73 Å². The molecular formula is C15H26N2. The summed E-state index contributed by atoms with van der Waals surface area (Å²) in [5.74, 6) is 1.20. The predicted molar refractivity (Wildman–Crippen MR) is 76.4 cm³/mol. The van der Waals surface area contributed by atoms with Crippen LogP contribution >= 0.6 is 0 Å². The van der Waals surface area contributed by atoms with Crippen LogP contribution in [0.4, 0.5) is 5.69 Å². The van der Waals surface area contributed by atoms with E-state index in [2.05, 4.69) is 56.9 Å². The van der Waals surface area contributed by atoms with Gasteiger partial charge in [0, 0.05) is 18.8 Å². The van der Waals surface area contributed by atoms with Crippen LogP contribution in [-0.4, -0.2) is 19.6 Å². The van der Waals surface area contributed by atoms with Crippen molar-refractivity contribution in [1.82, 2.24) is 0 Å². The Kier molecular flexibility index (Phi) is 5.49. The van der Waals surface area contributed by atoms with Gasteiger partial charge in [-0.2, -0.15) is 0 Å². The molecule has 0 aromatic heterocycles. The zero-order valence-corrected chi connectivity index (χ0v) is 11.6. The van der Waals surface area contributed by atoms with Crippen LogP contribution in [0.1, 0.15) is 26.3 Å². The van der Waals surface area contributed by atoms with Crippen molar-refractivity contribution in [2.45, 2.75) is 27.7 Å². The Labute approximate surface area is 106 Å².